The Kier molecular flexibility index (Phi) is 6.93. The van der Waals surface area contributed by atoms with E-state index in [9.17, 15) is 19.5 Å². The molecule has 1 unspecified atom stereocenters. The fourth-order valence-corrected chi connectivity index (χ4v) is 4.76. The largest absolute Gasteiger partial charge is 0.481 e. The zero-order chi connectivity index (χ0) is 23.4. The van der Waals surface area contributed by atoms with E-state index in [1.807, 2.05) is 36.4 Å². The summed E-state index contributed by atoms with van der Waals surface area (Å²) in [5.74, 6) is -1.71. The Morgan fingerprint density at radius 1 is 1.00 bits per heavy atom. The molecule has 0 bridgehead atoms. The highest BCUT2D eigenvalue weighted by Crippen LogP contribution is 2.44. The summed E-state index contributed by atoms with van der Waals surface area (Å²) in [6.07, 6.45) is -0.366. The number of hydrogen-bond donors (Lipinski definition) is 4. The molecule has 174 valence electrons. The quantitative estimate of drug-likeness (QED) is 0.488. The third-order valence-electron chi connectivity index (χ3n) is 6.39. The van der Waals surface area contributed by atoms with Gasteiger partial charge in [-0.25, -0.2) is 4.79 Å². The Morgan fingerprint density at radius 2 is 1.64 bits per heavy atom. The van der Waals surface area contributed by atoms with E-state index >= 15 is 0 Å². The van der Waals surface area contributed by atoms with Crippen molar-refractivity contribution in [1.29, 1.82) is 0 Å². The molecule has 3 atom stereocenters. The summed E-state index contributed by atoms with van der Waals surface area (Å²) in [5.41, 5.74) is 4.50. The van der Waals surface area contributed by atoms with Gasteiger partial charge in [-0.05, 0) is 41.5 Å². The Labute approximate surface area is 192 Å². The number of carbonyl (C=O) groups is 3. The summed E-state index contributed by atoms with van der Waals surface area (Å²) >= 11 is 0. The van der Waals surface area contributed by atoms with Crippen molar-refractivity contribution in [3.05, 3.63) is 59.7 Å². The maximum Gasteiger partial charge on any atom is 0.407 e. The van der Waals surface area contributed by atoms with Gasteiger partial charge in [-0.3, -0.25) is 9.59 Å². The minimum Gasteiger partial charge on any atom is -0.481 e. The highest BCUT2D eigenvalue weighted by Gasteiger charge is 2.31. The summed E-state index contributed by atoms with van der Waals surface area (Å²) < 4.78 is 5.42. The van der Waals surface area contributed by atoms with E-state index in [4.69, 9.17) is 9.84 Å². The molecule has 33 heavy (non-hydrogen) atoms. The summed E-state index contributed by atoms with van der Waals surface area (Å²) in [5, 5.41) is 24.4. The highest BCUT2D eigenvalue weighted by atomic mass is 16.5. The molecule has 0 aromatic heterocycles. The number of ether oxygens (including phenoxy) is 1. The van der Waals surface area contributed by atoms with E-state index in [1.54, 1.807) is 0 Å². The van der Waals surface area contributed by atoms with Crippen molar-refractivity contribution >= 4 is 18.0 Å². The van der Waals surface area contributed by atoms with Crippen LogP contribution in [0.4, 0.5) is 4.79 Å². The van der Waals surface area contributed by atoms with Crippen LogP contribution in [0.5, 0.6) is 0 Å². The second-order valence-electron chi connectivity index (χ2n) is 8.68. The van der Waals surface area contributed by atoms with Crippen LogP contribution >= 0.6 is 0 Å². The lowest BCUT2D eigenvalue weighted by Crippen LogP contribution is -2.39. The summed E-state index contributed by atoms with van der Waals surface area (Å²) in [6.45, 7) is 0.0510. The van der Waals surface area contributed by atoms with Gasteiger partial charge >= 0.3 is 12.1 Å². The number of fused-ring (bicyclic) bond motifs is 3. The van der Waals surface area contributed by atoms with Crippen LogP contribution in [0.2, 0.25) is 0 Å². The van der Waals surface area contributed by atoms with E-state index in [1.165, 1.54) is 0 Å². The summed E-state index contributed by atoms with van der Waals surface area (Å²) in [4.78, 5) is 35.3. The predicted octanol–water partition coefficient (Wildman–Crippen LogP) is 2.65. The number of aliphatic hydroxyl groups is 1. The zero-order valence-corrected chi connectivity index (χ0v) is 18.2. The van der Waals surface area contributed by atoms with Crippen LogP contribution in [0.25, 0.3) is 11.1 Å². The molecule has 2 aromatic carbocycles. The molecular formula is C25H28N2O6. The Bertz CT molecular complexity index is 994. The van der Waals surface area contributed by atoms with E-state index in [-0.39, 0.29) is 37.4 Å². The maximum absolute atomic E-state index is 12.2. The standard InChI is InChI=1S/C25H28N2O6/c28-17(12-23(29)27-16-10-9-15(11-16)24(30)31)13-26-25(32)33-14-22-20-7-3-1-5-18(20)19-6-2-4-8-21(19)22/h1-8,15-17,22,28H,9-14H2,(H,26,32)(H,27,29)(H,30,31)/t15-,16+,17?/m0/s1. The zero-order valence-electron chi connectivity index (χ0n) is 18.2. The second-order valence-corrected chi connectivity index (χ2v) is 8.68. The monoisotopic (exact) mass is 452 g/mol. The highest BCUT2D eigenvalue weighted by molar-refractivity contribution is 5.79. The Balaban J connectivity index is 1.21. The number of hydrogen-bond acceptors (Lipinski definition) is 5. The Morgan fingerprint density at radius 3 is 2.24 bits per heavy atom. The first-order valence-corrected chi connectivity index (χ1v) is 11.2. The number of aliphatic carboxylic acids is 1. The number of benzene rings is 2. The van der Waals surface area contributed by atoms with Gasteiger partial charge in [0.05, 0.1) is 18.4 Å². The van der Waals surface area contributed by atoms with Crippen molar-refractivity contribution in [3.8, 4) is 11.1 Å². The average Bonchev–Trinajstić information content (AvgIpc) is 3.39. The molecule has 8 heteroatoms. The molecule has 0 saturated heterocycles. The minimum absolute atomic E-state index is 0.0557. The van der Waals surface area contributed by atoms with Crippen LogP contribution in [0, 0.1) is 5.92 Å². The van der Waals surface area contributed by atoms with Crippen molar-refractivity contribution < 1.29 is 29.3 Å². The molecule has 2 amide bonds. The number of aliphatic hydroxyl groups excluding tert-OH is 1. The van der Waals surface area contributed by atoms with Crippen LogP contribution in [0.1, 0.15) is 42.7 Å². The van der Waals surface area contributed by atoms with Crippen molar-refractivity contribution in [3.63, 3.8) is 0 Å². The second kappa shape index (κ2) is 10.0. The first kappa shape index (κ1) is 22.8. The fourth-order valence-electron chi connectivity index (χ4n) is 4.76. The normalized spacial score (nSPS) is 19.9. The van der Waals surface area contributed by atoms with Gasteiger partial charge in [-0.15, -0.1) is 0 Å². The van der Waals surface area contributed by atoms with Gasteiger partial charge < -0.3 is 25.6 Å². The van der Waals surface area contributed by atoms with Crippen molar-refractivity contribution in [2.75, 3.05) is 13.2 Å². The van der Waals surface area contributed by atoms with Gasteiger partial charge in [-0.1, -0.05) is 48.5 Å². The van der Waals surface area contributed by atoms with Gasteiger partial charge in [0, 0.05) is 18.5 Å². The van der Waals surface area contributed by atoms with E-state index in [0.717, 1.165) is 22.3 Å². The number of rotatable bonds is 8. The van der Waals surface area contributed by atoms with Gasteiger partial charge in [0.2, 0.25) is 5.91 Å². The maximum atomic E-state index is 12.2. The topological polar surface area (TPSA) is 125 Å². The van der Waals surface area contributed by atoms with Gasteiger partial charge in [0.25, 0.3) is 0 Å². The molecule has 2 aromatic rings. The Hall–Kier alpha value is -3.39. The van der Waals surface area contributed by atoms with E-state index in [0.29, 0.717) is 19.3 Å². The molecule has 4 rings (SSSR count). The van der Waals surface area contributed by atoms with Crippen molar-refractivity contribution in [2.45, 2.75) is 43.7 Å². The third kappa shape index (κ3) is 5.34. The molecule has 0 spiro atoms. The average molecular weight is 453 g/mol. The molecule has 0 heterocycles. The van der Waals surface area contributed by atoms with Crippen LogP contribution in [-0.4, -0.2) is 53.5 Å². The van der Waals surface area contributed by atoms with Gasteiger partial charge in [-0.2, -0.15) is 0 Å². The molecule has 1 saturated carbocycles. The number of alkyl carbamates (subject to hydrolysis) is 1. The molecule has 1 fully saturated rings. The van der Waals surface area contributed by atoms with E-state index in [2.05, 4.69) is 22.8 Å². The number of nitrogens with one attached hydrogen (secondary N) is 2. The molecule has 2 aliphatic rings. The SMILES string of the molecule is O=C(CC(O)CNC(=O)OCC1c2ccccc2-c2ccccc21)N[C@@H]1CC[C@H](C(=O)O)C1. The molecule has 0 aliphatic heterocycles. The van der Waals surface area contributed by atoms with Crippen LogP contribution in [0.3, 0.4) is 0 Å². The summed E-state index contributed by atoms with van der Waals surface area (Å²) in [6, 6.07) is 15.9. The molecule has 0 radical (unpaired) electrons. The van der Waals surface area contributed by atoms with Gasteiger partial charge in [0.15, 0.2) is 0 Å². The van der Waals surface area contributed by atoms with Crippen molar-refractivity contribution in [2.24, 2.45) is 5.92 Å². The first-order valence-electron chi connectivity index (χ1n) is 11.2. The van der Waals surface area contributed by atoms with Crippen LogP contribution < -0.4 is 10.6 Å². The third-order valence-corrected chi connectivity index (χ3v) is 6.39. The smallest absolute Gasteiger partial charge is 0.407 e. The lowest BCUT2D eigenvalue weighted by molar-refractivity contribution is -0.141. The number of carboxylic acids is 1. The molecule has 8 nitrogen and oxygen atoms in total. The lowest BCUT2D eigenvalue weighted by atomic mass is 9.98. The molecule has 4 N–H and O–H groups in total. The predicted molar refractivity (Wildman–Crippen MR) is 121 cm³/mol. The van der Waals surface area contributed by atoms with Gasteiger partial charge in [0.1, 0.15) is 6.61 Å². The minimum atomic E-state index is -1.07. The van der Waals surface area contributed by atoms with E-state index < -0.39 is 24.1 Å². The van der Waals surface area contributed by atoms with Crippen molar-refractivity contribution in [1.82, 2.24) is 10.6 Å². The lowest BCUT2D eigenvalue weighted by Gasteiger charge is -2.17. The summed E-state index contributed by atoms with van der Waals surface area (Å²) in [7, 11) is 0. The number of carbonyl (C=O) groups excluding carboxylic acids is 2. The molecular weight excluding hydrogens is 424 g/mol. The number of amides is 2. The molecule has 2 aliphatic carbocycles. The van der Waals surface area contributed by atoms with Crippen LogP contribution in [0.15, 0.2) is 48.5 Å². The fraction of sp³-hybridized carbons (Fsp3) is 0.400. The van der Waals surface area contributed by atoms with Crippen LogP contribution in [-0.2, 0) is 14.3 Å². The number of carboxylic acid groups (broad SMARTS) is 1. The first-order chi connectivity index (χ1) is 15.9.